The number of hydrogen-bond acceptors (Lipinski definition) is 4. The van der Waals surface area contributed by atoms with Gasteiger partial charge >= 0.3 is 0 Å². The van der Waals surface area contributed by atoms with E-state index in [-0.39, 0.29) is 0 Å². The van der Waals surface area contributed by atoms with Crippen LogP contribution >= 0.6 is 0 Å². The number of anilines is 1. The SMILES string of the molecule is CCOc1cccnc1N(CC)CCCN. The topological polar surface area (TPSA) is 51.4 Å². The fourth-order valence-corrected chi connectivity index (χ4v) is 1.58. The van der Waals surface area contributed by atoms with Crippen LogP contribution in [0.5, 0.6) is 5.75 Å². The predicted molar refractivity (Wildman–Crippen MR) is 67.0 cm³/mol. The molecule has 16 heavy (non-hydrogen) atoms. The number of ether oxygens (including phenoxy) is 1. The van der Waals surface area contributed by atoms with Crippen LogP contribution < -0.4 is 15.4 Å². The van der Waals surface area contributed by atoms with Crippen LogP contribution in [0.25, 0.3) is 0 Å². The summed E-state index contributed by atoms with van der Waals surface area (Å²) >= 11 is 0. The third-order valence-corrected chi connectivity index (χ3v) is 2.36. The number of hydrogen-bond donors (Lipinski definition) is 1. The van der Waals surface area contributed by atoms with Crippen molar-refractivity contribution >= 4 is 5.82 Å². The highest BCUT2D eigenvalue weighted by atomic mass is 16.5. The van der Waals surface area contributed by atoms with Crippen molar-refractivity contribution < 1.29 is 4.74 Å². The summed E-state index contributed by atoms with van der Waals surface area (Å²) in [5, 5.41) is 0. The summed E-state index contributed by atoms with van der Waals surface area (Å²) in [6.45, 7) is 7.29. The van der Waals surface area contributed by atoms with Gasteiger partial charge in [-0.15, -0.1) is 0 Å². The van der Waals surface area contributed by atoms with Crippen molar-refractivity contribution in [2.24, 2.45) is 5.73 Å². The van der Waals surface area contributed by atoms with Gasteiger partial charge in [-0.1, -0.05) is 0 Å². The molecule has 0 aliphatic carbocycles. The molecule has 0 aliphatic heterocycles. The van der Waals surface area contributed by atoms with Gasteiger partial charge in [-0.05, 0) is 38.9 Å². The van der Waals surface area contributed by atoms with Crippen LogP contribution in [0, 0.1) is 0 Å². The van der Waals surface area contributed by atoms with Crippen LogP contribution in [0.4, 0.5) is 5.82 Å². The summed E-state index contributed by atoms with van der Waals surface area (Å²) in [4.78, 5) is 6.57. The maximum Gasteiger partial charge on any atom is 0.171 e. The highest BCUT2D eigenvalue weighted by molar-refractivity contribution is 5.51. The molecule has 0 unspecified atom stereocenters. The molecule has 2 N–H and O–H groups in total. The zero-order chi connectivity index (χ0) is 11.8. The first-order valence-electron chi connectivity index (χ1n) is 5.86. The van der Waals surface area contributed by atoms with Crippen molar-refractivity contribution in [3.05, 3.63) is 18.3 Å². The lowest BCUT2D eigenvalue weighted by atomic mass is 10.3. The Balaban J connectivity index is 2.81. The van der Waals surface area contributed by atoms with E-state index in [1.165, 1.54) is 0 Å². The van der Waals surface area contributed by atoms with Crippen molar-refractivity contribution in [3.63, 3.8) is 0 Å². The first-order chi connectivity index (χ1) is 7.83. The molecule has 0 bridgehead atoms. The number of nitrogens with zero attached hydrogens (tertiary/aromatic N) is 2. The van der Waals surface area contributed by atoms with Crippen LogP contribution in [-0.4, -0.2) is 31.2 Å². The summed E-state index contributed by atoms with van der Waals surface area (Å²) in [6.07, 6.45) is 2.76. The highest BCUT2D eigenvalue weighted by Gasteiger charge is 2.10. The van der Waals surface area contributed by atoms with Gasteiger partial charge in [0.15, 0.2) is 11.6 Å². The molecular weight excluding hydrogens is 202 g/mol. The molecule has 1 aromatic rings. The van der Waals surface area contributed by atoms with Gasteiger partial charge in [-0.25, -0.2) is 4.98 Å². The third-order valence-electron chi connectivity index (χ3n) is 2.36. The van der Waals surface area contributed by atoms with E-state index in [4.69, 9.17) is 10.5 Å². The molecule has 4 nitrogen and oxygen atoms in total. The Morgan fingerprint density at radius 2 is 2.25 bits per heavy atom. The quantitative estimate of drug-likeness (QED) is 0.763. The number of aromatic nitrogens is 1. The van der Waals surface area contributed by atoms with Gasteiger partial charge < -0.3 is 15.4 Å². The minimum Gasteiger partial charge on any atom is -0.490 e. The van der Waals surface area contributed by atoms with E-state index >= 15 is 0 Å². The highest BCUT2D eigenvalue weighted by Crippen LogP contribution is 2.24. The minimum atomic E-state index is 0.660. The second kappa shape index (κ2) is 7.06. The van der Waals surface area contributed by atoms with Crippen molar-refractivity contribution in [2.75, 3.05) is 31.1 Å². The van der Waals surface area contributed by atoms with Crippen LogP contribution in [0.3, 0.4) is 0 Å². The molecule has 90 valence electrons. The first-order valence-corrected chi connectivity index (χ1v) is 5.86. The zero-order valence-corrected chi connectivity index (χ0v) is 10.1. The summed E-state index contributed by atoms with van der Waals surface area (Å²) in [5.41, 5.74) is 5.53. The monoisotopic (exact) mass is 223 g/mol. The molecule has 0 radical (unpaired) electrons. The zero-order valence-electron chi connectivity index (χ0n) is 10.1. The molecule has 0 saturated heterocycles. The first kappa shape index (κ1) is 12.8. The fraction of sp³-hybridized carbons (Fsp3) is 0.583. The van der Waals surface area contributed by atoms with Gasteiger partial charge in [0.05, 0.1) is 6.61 Å². The summed E-state index contributed by atoms with van der Waals surface area (Å²) < 4.78 is 5.56. The van der Waals surface area contributed by atoms with E-state index < -0.39 is 0 Å². The van der Waals surface area contributed by atoms with E-state index in [2.05, 4.69) is 16.8 Å². The van der Waals surface area contributed by atoms with Crippen LogP contribution in [-0.2, 0) is 0 Å². The lowest BCUT2D eigenvalue weighted by Gasteiger charge is -2.23. The van der Waals surface area contributed by atoms with Crippen molar-refractivity contribution in [2.45, 2.75) is 20.3 Å². The van der Waals surface area contributed by atoms with E-state index in [1.54, 1.807) is 6.20 Å². The van der Waals surface area contributed by atoms with Gasteiger partial charge in [0.25, 0.3) is 0 Å². The molecular formula is C12H21N3O. The predicted octanol–water partition coefficient (Wildman–Crippen LogP) is 1.66. The fourth-order valence-electron chi connectivity index (χ4n) is 1.58. The average molecular weight is 223 g/mol. The van der Waals surface area contributed by atoms with Crippen molar-refractivity contribution in [1.82, 2.24) is 4.98 Å². The second-order valence-electron chi connectivity index (χ2n) is 3.48. The molecule has 0 fully saturated rings. The smallest absolute Gasteiger partial charge is 0.171 e. The Kier molecular flexibility index (Phi) is 5.64. The summed E-state index contributed by atoms with van der Waals surface area (Å²) in [7, 11) is 0. The van der Waals surface area contributed by atoms with Gasteiger partial charge in [-0.3, -0.25) is 0 Å². The molecule has 0 saturated carbocycles. The molecule has 0 aromatic carbocycles. The second-order valence-corrected chi connectivity index (χ2v) is 3.48. The molecule has 1 aromatic heterocycles. The van der Waals surface area contributed by atoms with Crippen molar-refractivity contribution in [3.8, 4) is 5.75 Å². The molecule has 1 rings (SSSR count). The van der Waals surface area contributed by atoms with E-state index in [1.807, 2.05) is 19.1 Å². The van der Waals surface area contributed by atoms with E-state index in [0.717, 1.165) is 31.1 Å². The number of nitrogens with two attached hydrogens (primary N) is 1. The lowest BCUT2D eigenvalue weighted by molar-refractivity contribution is 0.339. The van der Waals surface area contributed by atoms with Crippen LogP contribution in [0.2, 0.25) is 0 Å². The van der Waals surface area contributed by atoms with Crippen molar-refractivity contribution in [1.29, 1.82) is 0 Å². The Morgan fingerprint density at radius 3 is 2.88 bits per heavy atom. The molecule has 0 atom stereocenters. The maximum atomic E-state index is 5.56. The molecule has 0 aliphatic rings. The molecule has 0 spiro atoms. The number of pyridine rings is 1. The molecule has 4 heteroatoms. The third kappa shape index (κ3) is 3.38. The van der Waals surface area contributed by atoms with Gasteiger partial charge in [0.1, 0.15) is 0 Å². The van der Waals surface area contributed by atoms with Gasteiger partial charge in [0.2, 0.25) is 0 Å². The average Bonchev–Trinajstić information content (AvgIpc) is 2.32. The number of rotatable bonds is 7. The Morgan fingerprint density at radius 1 is 1.44 bits per heavy atom. The largest absolute Gasteiger partial charge is 0.490 e. The Labute approximate surface area is 97.4 Å². The van der Waals surface area contributed by atoms with Gasteiger partial charge in [-0.2, -0.15) is 0 Å². The van der Waals surface area contributed by atoms with Crippen LogP contribution in [0.1, 0.15) is 20.3 Å². The standard InChI is InChI=1S/C12H21N3O/c1-3-15(10-6-8-13)12-11(16-4-2)7-5-9-14-12/h5,7,9H,3-4,6,8,10,13H2,1-2H3. The Bertz CT molecular complexity index is 304. The lowest BCUT2D eigenvalue weighted by Crippen LogP contribution is -2.27. The summed E-state index contributed by atoms with van der Waals surface area (Å²) in [6, 6.07) is 3.85. The van der Waals surface area contributed by atoms with E-state index in [9.17, 15) is 0 Å². The Hall–Kier alpha value is -1.29. The van der Waals surface area contributed by atoms with Gasteiger partial charge in [0, 0.05) is 19.3 Å². The molecule has 0 amide bonds. The minimum absolute atomic E-state index is 0.660. The summed E-state index contributed by atoms with van der Waals surface area (Å²) in [5.74, 6) is 1.77. The van der Waals surface area contributed by atoms with Crippen LogP contribution in [0.15, 0.2) is 18.3 Å². The normalized spacial score (nSPS) is 10.2. The maximum absolute atomic E-state index is 5.56. The molecule has 1 heterocycles. The van der Waals surface area contributed by atoms with E-state index in [0.29, 0.717) is 13.2 Å².